The molecule has 3 aromatic rings. The minimum atomic E-state index is -2.10. The van der Waals surface area contributed by atoms with Crippen molar-refractivity contribution in [3.05, 3.63) is 169 Å². The molecule has 0 radical (unpaired) electrons. The summed E-state index contributed by atoms with van der Waals surface area (Å²) in [5.41, 5.74) is 6.82. The van der Waals surface area contributed by atoms with Crippen LogP contribution in [0.5, 0.6) is 17.2 Å². The summed E-state index contributed by atoms with van der Waals surface area (Å²) in [5, 5.41) is 139. The smallest absolute Gasteiger partial charge is 0.330 e. The van der Waals surface area contributed by atoms with Gasteiger partial charge in [0.25, 0.3) is 0 Å². The number of carbonyl (C=O) groups is 7. The summed E-state index contributed by atoms with van der Waals surface area (Å²) in [7, 11) is 1.53. The molecule has 115 heavy (non-hydrogen) atoms. The third kappa shape index (κ3) is 19.3. The zero-order chi connectivity index (χ0) is 82.8. The summed E-state index contributed by atoms with van der Waals surface area (Å²) in [4.78, 5) is 102. The molecule has 0 spiro atoms. The van der Waals surface area contributed by atoms with Gasteiger partial charge in [0.1, 0.15) is 72.0 Å². The Kier molecular flexibility index (Phi) is 27.1. The highest BCUT2D eigenvalue weighted by Crippen LogP contribution is 2.48. The largest absolute Gasteiger partial charge is 0.512 e. The lowest BCUT2D eigenvalue weighted by atomic mass is 9.75. The number of halogens is 3. The monoisotopic (exact) mass is 1660 g/mol. The Morgan fingerprint density at radius 1 is 0.791 bits per heavy atom. The Labute approximate surface area is 676 Å². The van der Waals surface area contributed by atoms with Crippen LogP contribution in [0, 0.1) is 11.8 Å². The van der Waals surface area contributed by atoms with Crippen molar-refractivity contribution in [2.45, 2.75) is 213 Å². The van der Waals surface area contributed by atoms with Crippen LogP contribution in [0.25, 0.3) is 11.1 Å². The van der Waals surface area contributed by atoms with E-state index in [-0.39, 0.29) is 99.6 Å². The summed E-state index contributed by atoms with van der Waals surface area (Å²) in [6.07, 6.45) is -13.1. The molecule has 6 amide bonds. The Balaban J connectivity index is 1.01. The number of likely N-dealkylation sites (N-methyl/N-ethyl adjacent to an activating group) is 1. The summed E-state index contributed by atoms with van der Waals surface area (Å²) in [6.45, 7) is 5.79. The first-order valence-electron chi connectivity index (χ1n) is 38.0. The van der Waals surface area contributed by atoms with E-state index in [1.165, 1.54) is 49.6 Å². The molecule has 8 unspecified atom stereocenters. The number of carboxylic acids is 1. The molecule has 4 aliphatic carbocycles. The third-order valence-corrected chi connectivity index (χ3v) is 23.1. The molecule has 7 aliphatic heterocycles. The van der Waals surface area contributed by atoms with Crippen molar-refractivity contribution in [1.82, 2.24) is 42.5 Å². The highest BCUT2D eigenvalue weighted by atomic mass is 35.5. The van der Waals surface area contributed by atoms with Gasteiger partial charge in [0, 0.05) is 60.8 Å². The molecule has 11 aliphatic rings. The maximum atomic E-state index is 15.7. The molecule has 7 heterocycles. The van der Waals surface area contributed by atoms with Crippen molar-refractivity contribution >= 4 is 76.2 Å². The molecule has 3 saturated heterocycles. The second-order valence-electron chi connectivity index (χ2n) is 30.8. The van der Waals surface area contributed by atoms with Crippen LogP contribution in [-0.4, -0.2) is 227 Å². The van der Waals surface area contributed by atoms with Gasteiger partial charge in [0.2, 0.25) is 47.5 Å². The quantitative estimate of drug-likeness (QED) is 0.0814. The molecule has 0 saturated carbocycles. The van der Waals surface area contributed by atoms with Crippen LogP contribution >= 0.6 is 34.8 Å². The molecular weight excluding hydrogens is 1560 g/mol. The van der Waals surface area contributed by atoms with Gasteiger partial charge in [-0.25, -0.2) is 4.79 Å². The van der Waals surface area contributed by atoms with E-state index in [9.17, 15) is 65.4 Å². The fourth-order valence-electron chi connectivity index (χ4n) is 15.8. The lowest BCUT2D eigenvalue weighted by Gasteiger charge is -2.48. The van der Waals surface area contributed by atoms with Crippen LogP contribution in [-0.2, 0) is 54.3 Å². The summed E-state index contributed by atoms with van der Waals surface area (Å²) < 4.78 is 40.2. The van der Waals surface area contributed by atoms with Crippen molar-refractivity contribution in [2.75, 3.05) is 20.2 Å². The standard InChI is InChI=1S/C80H96Cl3N9O23/c1-34(2)22-50(85-5)74(104)91-64-66(98)40-13-19-54(47(82)24-40)111-56-26-42-27-57(70(56)115-79-71(69(101)68(100)58(33-93)113-79)114-60-30-80(4,72(102)35(3)110-60)87-31-36-6-8-37(9-7-36)38-10-15-43(81)16-11-38)112-55-20-14-41(25-48(55)83)67(99)65-77(107)90-63(78(108)109)46-28-44(94)29-53(96)61(46)45-23-39(12-18-52(45)95)62(75(105)92-65)86-32-51(42)89-73(103)49(88-76(64)106)17-21-59(84)97/h6-12,14-16,18,20,24,26-28,34-35,44-45,48-51,58,60,62-69,71-72,79,85-87,93-96,98-102H,13,17,19,21-23,25,29-33H2,1-5H3,(H2,84,97)(H,88,106)(H,89,103)(H,90,107)(H,91,104)(H,92,105)(H,108,109)/t35?,44?,45?,48?,49-,50+,51-,58?,60-,62+,63-,64+,65-,66+,67+,68?,69-,71?,72+,79+,80?/m0/s1. The van der Waals surface area contributed by atoms with E-state index in [1.807, 2.05) is 50.2 Å². The van der Waals surface area contributed by atoms with Gasteiger partial charge in [-0.2, -0.15) is 0 Å². The van der Waals surface area contributed by atoms with Gasteiger partial charge in [0.15, 0.2) is 29.9 Å². The first-order chi connectivity index (χ1) is 54.7. The highest BCUT2D eigenvalue weighted by molar-refractivity contribution is 6.31. The average Bonchev–Trinajstić information content (AvgIpc) is 0.768. The Morgan fingerprint density at radius 3 is 2.15 bits per heavy atom. The van der Waals surface area contributed by atoms with E-state index in [0.717, 1.165) is 22.8 Å². The number of benzene rings is 3. The molecular formula is C80H96Cl3N9O23. The van der Waals surface area contributed by atoms with Crippen LogP contribution in [0.1, 0.15) is 103 Å². The second-order valence-corrected chi connectivity index (χ2v) is 32.1. The average molecular weight is 1660 g/mol. The van der Waals surface area contributed by atoms with Gasteiger partial charge in [-0.15, -0.1) is 11.6 Å². The number of nitrogens with two attached hydrogens (primary N) is 1. The molecule has 3 fully saturated rings. The lowest BCUT2D eigenvalue weighted by Crippen LogP contribution is -2.65. The molecule has 11 bridgehead atoms. The van der Waals surface area contributed by atoms with E-state index in [2.05, 4.69) is 42.5 Å². The maximum Gasteiger partial charge on any atom is 0.330 e. The van der Waals surface area contributed by atoms with Crippen molar-refractivity contribution in [1.29, 1.82) is 0 Å². The predicted octanol–water partition coefficient (Wildman–Crippen LogP) is 2.70. The number of ether oxygens (including phenoxy) is 6. The Hall–Kier alpha value is -8.78. The number of allylic oxidation sites excluding steroid dienone is 9. The fourth-order valence-corrected chi connectivity index (χ4v) is 16.4. The maximum absolute atomic E-state index is 15.7. The normalized spacial score (nSPS) is 32.3. The molecule has 21 atom stereocenters. The van der Waals surface area contributed by atoms with Gasteiger partial charge in [-0.05, 0) is 152 Å². The number of nitrogens with one attached hydrogen (secondary N) is 8. The number of carbonyl (C=O) groups excluding carboxylic acids is 6. The summed E-state index contributed by atoms with van der Waals surface area (Å²) in [5.74, 6) is -11.7. The molecule has 20 N–H and O–H groups in total. The molecule has 0 aromatic heterocycles. The Morgan fingerprint density at radius 2 is 1.49 bits per heavy atom. The number of amides is 6. The summed E-state index contributed by atoms with van der Waals surface area (Å²) >= 11 is 20.8. The van der Waals surface area contributed by atoms with Gasteiger partial charge < -0.3 is 128 Å². The lowest BCUT2D eigenvalue weighted by molar-refractivity contribution is -0.334. The van der Waals surface area contributed by atoms with E-state index in [4.69, 9.17) is 69.0 Å². The SMILES string of the molecule is CN[C@H](CC(C)C)C(=O)N[C@H]1C(=O)N[C@@H](CCC(N)=O)C(=O)N[C@H]2CN[C@H]3C(=O)N[C@H](C(=O)N[C@H](C(=O)O)C4=CC(O)CC(O)=C4C4CC3=CC=C4O)[C@H](O)C3=CC=C(Oc4cc2cc(c4O[C@H]2OC(CO)C(O)[C@H](O)C2O[C@H]2CC(C)(NCc4ccc(-c5ccc(Cl)cc5)cc4)[C@H](O)C(C)O2)OC2=C(Cl)C=C(CC2)[C@H]1O)C(Cl)C3. The number of fused-ring (bicyclic) bond motifs is 15. The minimum Gasteiger partial charge on any atom is -0.512 e. The predicted molar refractivity (Wildman–Crippen MR) is 415 cm³/mol. The highest BCUT2D eigenvalue weighted by Gasteiger charge is 2.53. The van der Waals surface area contributed by atoms with Crippen LogP contribution in [0.4, 0.5) is 0 Å². The third-order valence-electron chi connectivity index (χ3n) is 22.1. The molecule has 620 valence electrons. The van der Waals surface area contributed by atoms with Crippen molar-refractivity contribution in [3.8, 4) is 28.4 Å². The van der Waals surface area contributed by atoms with E-state index < -0.39 is 231 Å². The van der Waals surface area contributed by atoms with Gasteiger partial charge in [-0.3, -0.25) is 28.8 Å². The molecule has 14 rings (SSSR count). The fraction of sp³-hybridized carbons (Fsp3) is 0.487. The first-order valence-corrected chi connectivity index (χ1v) is 39.2. The van der Waals surface area contributed by atoms with Crippen LogP contribution < -0.4 is 62.5 Å². The zero-order valence-corrected chi connectivity index (χ0v) is 65.6. The zero-order valence-electron chi connectivity index (χ0n) is 63.3. The van der Waals surface area contributed by atoms with Crippen LogP contribution in [0.15, 0.2) is 153 Å². The second kappa shape index (κ2) is 36.4. The van der Waals surface area contributed by atoms with Crippen molar-refractivity contribution < 1.29 is 113 Å². The van der Waals surface area contributed by atoms with Crippen molar-refractivity contribution in [2.24, 2.45) is 17.6 Å². The van der Waals surface area contributed by atoms with Crippen LogP contribution in [0.2, 0.25) is 5.02 Å². The number of alkyl halides is 1. The van der Waals surface area contributed by atoms with E-state index in [1.54, 1.807) is 26.0 Å². The number of aliphatic hydroxyl groups is 9. The van der Waals surface area contributed by atoms with Gasteiger partial charge in [0.05, 0.1) is 53.2 Å². The number of primary amides is 1. The number of rotatable bonds is 18. The number of hydrogen-bond acceptors (Lipinski definition) is 25. The number of carboxylic acid groups (broad SMARTS) is 1. The molecule has 32 nitrogen and oxygen atoms in total. The number of aliphatic hydroxyl groups excluding tert-OH is 9. The van der Waals surface area contributed by atoms with E-state index in [0.29, 0.717) is 5.02 Å². The Bertz CT molecular complexity index is 4490. The van der Waals surface area contributed by atoms with Gasteiger partial charge >= 0.3 is 5.97 Å². The first kappa shape index (κ1) is 85.6. The topological polar surface area (TPSA) is 499 Å². The van der Waals surface area contributed by atoms with Gasteiger partial charge in [-0.1, -0.05) is 85.6 Å². The number of aliphatic carboxylic acids is 1. The molecule has 3 aromatic carbocycles. The van der Waals surface area contributed by atoms with Crippen LogP contribution in [0.3, 0.4) is 0 Å². The molecule has 35 heteroatoms. The van der Waals surface area contributed by atoms with Crippen molar-refractivity contribution in [3.63, 3.8) is 0 Å². The number of hydrogen-bond donors (Lipinski definition) is 19. The minimum absolute atomic E-state index is 0.0274. The summed E-state index contributed by atoms with van der Waals surface area (Å²) in [6, 6.07) is 5.75. The van der Waals surface area contributed by atoms with E-state index >= 15 is 19.2 Å².